The first-order valence-electron chi connectivity index (χ1n) is 8.32. The smallest absolute Gasteiger partial charge is 0.276 e. The van der Waals surface area contributed by atoms with Gasteiger partial charge in [-0.3, -0.25) is 9.59 Å². The van der Waals surface area contributed by atoms with E-state index in [-0.39, 0.29) is 11.6 Å². The van der Waals surface area contributed by atoms with E-state index in [0.717, 1.165) is 0 Å². The summed E-state index contributed by atoms with van der Waals surface area (Å²) in [5.74, 6) is -1.14. The minimum Gasteiger partial charge on any atom is -0.357 e. The fourth-order valence-corrected chi connectivity index (χ4v) is 2.89. The molecule has 2 heterocycles. The van der Waals surface area contributed by atoms with Crippen molar-refractivity contribution in [3.63, 3.8) is 0 Å². The Balaban J connectivity index is 1.86. The Hall–Kier alpha value is -3.33. The van der Waals surface area contributed by atoms with Crippen molar-refractivity contribution < 1.29 is 14.0 Å². The number of fused-ring (bicyclic) bond motifs is 1. The van der Waals surface area contributed by atoms with E-state index in [1.165, 1.54) is 24.4 Å². The van der Waals surface area contributed by atoms with Crippen LogP contribution in [-0.4, -0.2) is 41.8 Å². The lowest BCUT2D eigenvalue weighted by atomic mass is 10.1. The van der Waals surface area contributed by atoms with Crippen LogP contribution >= 0.6 is 0 Å². The van der Waals surface area contributed by atoms with Crippen molar-refractivity contribution in [1.29, 1.82) is 0 Å². The van der Waals surface area contributed by atoms with E-state index in [1.54, 1.807) is 13.8 Å². The lowest BCUT2D eigenvalue weighted by Crippen LogP contribution is -2.29. The number of nitrogens with zero attached hydrogens (tertiary/aromatic N) is 2. The zero-order valence-electron chi connectivity index (χ0n) is 14.9. The van der Waals surface area contributed by atoms with Crippen LogP contribution in [0, 0.1) is 19.7 Å². The number of nitrogens with two attached hydrogens (primary N) is 1. The number of aromatic nitrogens is 1. The summed E-state index contributed by atoms with van der Waals surface area (Å²) in [7, 11) is 0. The fraction of sp³-hybridized carbons (Fsp3) is 0.222. The highest BCUT2D eigenvalue weighted by molar-refractivity contribution is 6.53. The van der Waals surface area contributed by atoms with Gasteiger partial charge in [-0.2, -0.15) is 5.10 Å². The summed E-state index contributed by atoms with van der Waals surface area (Å²) in [5.41, 5.74) is 8.77. The highest BCUT2D eigenvalue weighted by Gasteiger charge is 2.26. The Morgan fingerprint density at radius 2 is 2.15 bits per heavy atom. The molecule has 0 aliphatic carbocycles. The predicted molar refractivity (Wildman–Crippen MR) is 101 cm³/mol. The molecule has 1 aliphatic heterocycles. The van der Waals surface area contributed by atoms with Gasteiger partial charge in [-0.25, -0.2) is 4.39 Å². The Morgan fingerprint density at radius 3 is 2.89 bits per heavy atom. The quantitative estimate of drug-likeness (QED) is 0.467. The number of H-pyrrole nitrogens is 1. The zero-order valence-corrected chi connectivity index (χ0v) is 14.9. The number of anilines is 1. The first kappa shape index (κ1) is 18.5. The monoisotopic (exact) mass is 370 g/mol. The van der Waals surface area contributed by atoms with Crippen molar-refractivity contribution in [3.8, 4) is 0 Å². The van der Waals surface area contributed by atoms with Gasteiger partial charge < -0.3 is 21.4 Å². The SMILES string of the molecule is Cc1[nH]c(C=NN=C2C(=O)Nc3ccc(F)cc32)c(C)c1C(=O)NCCN. The number of hydrogen-bond acceptors (Lipinski definition) is 5. The second kappa shape index (κ2) is 7.50. The van der Waals surface area contributed by atoms with E-state index < -0.39 is 11.7 Å². The van der Waals surface area contributed by atoms with Crippen LogP contribution in [0.15, 0.2) is 28.4 Å². The van der Waals surface area contributed by atoms with Crippen molar-refractivity contribution in [2.45, 2.75) is 13.8 Å². The first-order valence-corrected chi connectivity index (χ1v) is 8.32. The van der Waals surface area contributed by atoms with Crippen molar-refractivity contribution in [3.05, 3.63) is 52.1 Å². The lowest BCUT2D eigenvalue weighted by Gasteiger charge is -2.03. The van der Waals surface area contributed by atoms with Crippen molar-refractivity contribution in [2.75, 3.05) is 18.4 Å². The highest BCUT2D eigenvalue weighted by Crippen LogP contribution is 2.24. The number of aryl methyl sites for hydroxylation is 1. The molecule has 0 saturated carbocycles. The molecule has 0 atom stereocenters. The maximum Gasteiger partial charge on any atom is 0.276 e. The number of benzene rings is 1. The molecule has 3 rings (SSSR count). The number of amides is 2. The molecule has 140 valence electrons. The van der Waals surface area contributed by atoms with E-state index in [9.17, 15) is 14.0 Å². The van der Waals surface area contributed by atoms with E-state index in [2.05, 4.69) is 25.8 Å². The van der Waals surface area contributed by atoms with Crippen LogP contribution in [-0.2, 0) is 4.79 Å². The summed E-state index contributed by atoms with van der Waals surface area (Å²) in [6, 6.07) is 3.96. The minimum atomic E-state index is -0.467. The number of aromatic amines is 1. The van der Waals surface area contributed by atoms with Gasteiger partial charge in [0.2, 0.25) is 0 Å². The molecule has 2 amide bonds. The average Bonchev–Trinajstić information content (AvgIpc) is 3.09. The fourth-order valence-electron chi connectivity index (χ4n) is 2.89. The van der Waals surface area contributed by atoms with Gasteiger partial charge in [-0.05, 0) is 37.6 Å². The largest absolute Gasteiger partial charge is 0.357 e. The summed E-state index contributed by atoms with van der Waals surface area (Å²) in [4.78, 5) is 27.3. The molecule has 1 aliphatic rings. The lowest BCUT2D eigenvalue weighted by molar-refractivity contribution is -0.110. The molecule has 0 unspecified atom stereocenters. The second-order valence-corrected chi connectivity index (χ2v) is 6.05. The van der Waals surface area contributed by atoms with E-state index in [4.69, 9.17) is 5.73 Å². The minimum absolute atomic E-state index is 0.0302. The summed E-state index contributed by atoms with van der Waals surface area (Å²) in [6.07, 6.45) is 1.42. The molecule has 0 fully saturated rings. The van der Waals surface area contributed by atoms with Crippen LogP contribution in [0.5, 0.6) is 0 Å². The summed E-state index contributed by atoms with van der Waals surface area (Å²) < 4.78 is 13.4. The number of nitrogens with one attached hydrogen (secondary N) is 3. The maximum atomic E-state index is 13.4. The van der Waals surface area contributed by atoms with Crippen LogP contribution in [0.25, 0.3) is 0 Å². The Bertz CT molecular complexity index is 976. The number of carbonyl (C=O) groups is 2. The van der Waals surface area contributed by atoms with Crippen LogP contribution in [0.3, 0.4) is 0 Å². The Morgan fingerprint density at radius 1 is 1.37 bits per heavy atom. The third-order valence-corrected chi connectivity index (χ3v) is 4.18. The van der Waals surface area contributed by atoms with E-state index >= 15 is 0 Å². The molecule has 27 heavy (non-hydrogen) atoms. The molecule has 9 heteroatoms. The summed E-state index contributed by atoms with van der Waals surface area (Å²) in [6.45, 7) is 4.29. The predicted octanol–water partition coefficient (Wildman–Crippen LogP) is 1.23. The van der Waals surface area contributed by atoms with Crippen LogP contribution in [0.4, 0.5) is 10.1 Å². The Kier molecular flexibility index (Phi) is 5.13. The van der Waals surface area contributed by atoms with Crippen molar-refractivity contribution in [1.82, 2.24) is 10.3 Å². The van der Waals surface area contributed by atoms with Crippen molar-refractivity contribution >= 4 is 29.4 Å². The normalized spacial score (nSPS) is 14.7. The van der Waals surface area contributed by atoms with Gasteiger partial charge in [0.1, 0.15) is 5.82 Å². The molecule has 0 radical (unpaired) electrons. The maximum absolute atomic E-state index is 13.4. The standard InChI is InChI=1S/C18H19FN6O2/c1-9-14(23-10(2)15(9)17(26)21-6-5-20)8-22-25-16-12-7-11(19)3-4-13(12)24-18(16)27/h3-4,7-8,23H,5-6,20H2,1-2H3,(H,21,26)(H,24,25,27). The van der Waals surface area contributed by atoms with Crippen LogP contribution < -0.4 is 16.4 Å². The topological polar surface area (TPSA) is 125 Å². The van der Waals surface area contributed by atoms with Gasteiger partial charge in [0, 0.05) is 24.3 Å². The summed E-state index contributed by atoms with van der Waals surface area (Å²) in [5, 5.41) is 13.2. The number of rotatable bonds is 5. The van der Waals surface area contributed by atoms with Gasteiger partial charge in [-0.1, -0.05) is 0 Å². The van der Waals surface area contributed by atoms with Gasteiger partial charge in [0.15, 0.2) is 5.71 Å². The van der Waals surface area contributed by atoms with Gasteiger partial charge in [0.25, 0.3) is 11.8 Å². The number of halogens is 1. The van der Waals surface area contributed by atoms with Crippen LogP contribution in [0.2, 0.25) is 0 Å². The molecular formula is C18H19FN6O2. The molecule has 1 aromatic carbocycles. The third kappa shape index (κ3) is 3.63. The summed E-state index contributed by atoms with van der Waals surface area (Å²) >= 11 is 0. The molecule has 0 spiro atoms. The van der Waals surface area contributed by atoms with Crippen LogP contribution in [0.1, 0.15) is 32.9 Å². The third-order valence-electron chi connectivity index (χ3n) is 4.18. The molecule has 8 nitrogen and oxygen atoms in total. The van der Waals surface area contributed by atoms with E-state index in [0.29, 0.717) is 46.9 Å². The van der Waals surface area contributed by atoms with Gasteiger partial charge in [-0.15, -0.1) is 5.10 Å². The molecular weight excluding hydrogens is 351 g/mol. The molecule has 0 bridgehead atoms. The average molecular weight is 370 g/mol. The molecule has 1 aromatic heterocycles. The number of carbonyl (C=O) groups excluding carboxylic acids is 2. The second-order valence-electron chi connectivity index (χ2n) is 6.05. The van der Waals surface area contributed by atoms with Gasteiger partial charge >= 0.3 is 0 Å². The van der Waals surface area contributed by atoms with Gasteiger partial charge in [0.05, 0.1) is 23.2 Å². The molecule has 2 aromatic rings. The molecule has 0 saturated heterocycles. The Labute approximate surface area is 154 Å². The first-order chi connectivity index (χ1) is 12.9. The number of hydrogen-bond donors (Lipinski definition) is 4. The van der Waals surface area contributed by atoms with E-state index in [1.807, 2.05) is 0 Å². The van der Waals surface area contributed by atoms with Crippen molar-refractivity contribution in [2.24, 2.45) is 15.9 Å². The highest BCUT2D eigenvalue weighted by atomic mass is 19.1. The molecule has 5 N–H and O–H groups in total. The zero-order chi connectivity index (χ0) is 19.6.